The Bertz CT molecular complexity index is 1120. The number of urea groups is 1. The number of hydrogen-bond donors (Lipinski definition) is 2. The Kier molecular flexibility index (Phi) is 8.02. The number of thiophene rings is 1. The number of nitrogens with zero attached hydrogens (tertiary/aromatic N) is 2. The van der Waals surface area contributed by atoms with Crippen molar-refractivity contribution >= 4 is 34.7 Å². The van der Waals surface area contributed by atoms with E-state index in [4.69, 9.17) is 11.6 Å². The second-order valence-electron chi connectivity index (χ2n) is 9.52. The lowest BCUT2D eigenvalue weighted by atomic mass is 9.92. The van der Waals surface area contributed by atoms with Crippen LogP contribution in [0.3, 0.4) is 0 Å². The van der Waals surface area contributed by atoms with Crippen LogP contribution in [0.15, 0.2) is 42.7 Å². The summed E-state index contributed by atoms with van der Waals surface area (Å²) in [6, 6.07) is 9.48. The number of rotatable bonds is 8. The molecule has 2 amide bonds. The van der Waals surface area contributed by atoms with E-state index >= 15 is 0 Å². The van der Waals surface area contributed by atoms with E-state index in [9.17, 15) is 4.79 Å². The normalized spacial score (nSPS) is 14.8. The molecule has 0 saturated heterocycles. The summed E-state index contributed by atoms with van der Waals surface area (Å²) in [5.74, 6) is 0.559. The number of halogens is 1. The molecule has 0 bridgehead atoms. The zero-order valence-electron chi connectivity index (χ0n) is 20.5. The standard InChI is InChI=1S/C27H35ClN4OS/c1-5-31-15-12-21-24(17-31)34-26(32-13-6-7-14-32)25(21)23(11-8-18(2)3)30-27(33)29-20-10-9-19(4)22(28)16-20/h6-7,9-10,13-14,16,18,23H,5,8,11-12,15,17H2,1-4H3,(H2,29,30,33)/t23-/m0/s1. The van der Waals surface area contributed by atoms with E-state index in [-0.39, 0.29) is 12.1 Å². The molecule has 1 aliphatic rings. The Morgan fingerprint density at radius 3 is 2.65 bits per heavy atom. The molecular formula is C27H35ClN4OS. The van der Waals surface area contributed by atoms with Crippen LogP contribution in [0, 0.1) is 12.8 Å². The van der Waals surface area contributed by atoms with Gasteiger partial charge in [0, 0.05) is 46.6 Å². The molecule has 0 unspecified atom stereocenters. The first-order chi connectivity index (χ1) is 16.4. The SMILES string of the molecule is CCN1CCc2c(sc(-n3cccc3)c2[C@H](CCC(C)C)NC(=O)Nc2ccc(C)c(Cl)c2)C1. The number of aryl methyl sites for hydroxylation is 1. The maximum Gasteiger partial charge on any atom is 0.319 e. The van der Waals surface area contributed by atoms with Crippen LogP contribution >= 0.6 is 22.9 Å². The fraction of sp³-hybridized carbons (Fsp3) is 0.444. The van der Waals surface area contributed by atoms with Gasteiger partial charge in [0.1, 0.15) is 5.00 Å². The lowest BCUT2D eigenvalue weighted by Gasteiger charge is -2.28. The van der Waals surface area contributed by atoms with Crippen LogP contribution in [0.2, 0.25) is 5.02 Å². The topological polar surface area (TPSA) is 49.3 Å². The minimum atomic E-state index is -0.196. The molecule has 0 saturated carbocycles. The van der Waals surface area contributed by atoms with E-state index in [0.29, 0.717) is 16.6 Å². The number of benzene rings is 1. The molecule has 2 N–H and O–H groups in total. The van der Waals surface area contributed by atoms with Crippen LogP contribution in [-0.2, 0) is 13.0 Å². The summed E-state index contributed by atoms with van der Waals surface area (Å²) in [7, 11) is 0. The summed E-state index contributed by atoms with van der Waals surface area (Å²) in [5.41, 5.74) is 4.40. The van der Waals surface area contributed by atoms with Crippen LogP contribution in [0.5, 0.6) is 0 Å². The first kappa shape index (κ1) is 24.8. The Morgan fingerprint density at radius 1 is 1.21 bits per heavy atom. The third kappa shape index (κ3) is 5.68. The highest BCUT2D eigenvalue weighted by Gasteiger charge is 2.30. The van der Waals surface area contributed by atoms with E-state index in [2.05, 4.69) is 65.4 Å². The summed E-state index contributed by atoms with van der Waals surface area (Å²) in [6.45, 7) is 11.7. The lowest BCUT2D eigenvalue weighted by Crippen LogP contribution is -2.35. The minimum absolute atomic E-state index is 0.0612. The highest BCUT2D eigenvalue weighted by atomic mass is 35.5. The summed E-state index contributed by atoms with van der Waals surface area (Å²) in [4.78, 5) is 17.1. The van der Waals surface area contributed by atoms with E-state index in [1.54, 1.807) is 6.07 Å². The second-order valence-corrected chi connectivity index (χ2v) is 11.0. The predicted octanol–water partition coefficient (Wildman–Crippen LogP) is 7.18. The van der Waals surface area contributed by atoms with Gasteiger partial charge in [-0.05, 0) is 74.0 Å². The number of hydrogen-bond acceptors (Lipinski definition) is 3. The largest absolute Gasteiger partial charge is 0.331 e. The van der Waals surface area contributed by atoms with Crippen LogP contribution in [-0.4, -0.2) is 28.6 Å². The number of carbonyl (C=O) groups excluding carboxylic acids is 1. The van der Waals surface area contributed by atoms with Crippen LogP contribution in [0.1, 0.15) is 61.2 Å². The molecule has 3 aromatic rings. The Labute approximate surface area is 212 Å². The fourth-order valence-corrected chi connectivity index (χ4v) is 6.14. The molecule has 3 heterocycles. The van der Waals surface area contributed by atoms with Crippen molar-refractivity contribution in [2.75, 3.05) is 18.4 Å². The summed E-state index contributed by atoms with van der Waals surface area (Å²) < 4.78 is 2.20. The fourth-order valence-electron chi connectivity index (χ4n) is 4.54. The highest BCUT2D eigenvalue weighted by molar-refractivity contribution is 7.15. The van der Waals surface area contributed by atoms with Gasteiger partial charge in [0.15, 0.2) is 0 Å². The predicted molar refractivity (Wildman–Crippen MR) is 143 cm³/mol. The molecule has 0 radical (unpaired) electrons. The van der Waals surface area contributed by atoms with Crippen molar-refractivity contribution in [3.63, 3.8) is 0 Å². The zero-order valence-corrected chi connectivity index (χ0v) is 22.1. The number of carbonyl (C=O) groups is 1. The number of nitrogens with one attached hydrogen (secondary N) is 2. The van der Waals surface area contributed by atoms with Gasteiger partial charge in [0.25, 0.3) is 0 Å². The van der Waals surface area contributed by atoms with Crippen LogP contribution in [0.25, 0.3) is 5.00 Å². The van der Waals surface area contributed by atoms with Crippen molar-refractivity contribution < 1.29 is 4.79 Å². The number of amides is 2. The van der Waals surface area contributed by atoms with Gasteiger partial charge in [-0.25, -0.2) is 4.79 Å². The number of anilines is 1. The maximum atomic E-state index is 13.1. The summed E-state index contributed by atoms with van der Waals surface area (Å²) in [6.07, 6.45) is 7.16. The average Bonchev–Trinajstić information content (AvgIpc) is 3.46. The smallest absolute Gasteiger partial charge is 0.319 e. The third-order valence-electron chi connectivity index (χ3n) is 6.56. The van der Waals surface area contributed by atoms with Crippen molar-refractivity contribution in [2.24, 2.45) is 5.92 Å². The van der Waals surface area contributed by atoms with Crippen LogP contribution in [0.4, 0.5) is 10.5 Å². The molecule has 0 aliphatic carbocycles. The lowest BCUT2D eigenvalue weighted by molar-refractivity contribution is 0.246. The molecular weight excluding hydrogens is 464 g/mol. The van der Waals surface area contributed by atoms with Crippen molar-refractivity contribution in [1.82, 2.24) is 14.8 Å². The summed E-state index contributed by atoms with van der Waals surface area (Å²) in [5, 5.41) is 8.19. The van der Waals surface area contributed by atoms with Gasteiger partial charge in [0.2, 0.25) is 0 Å². The van der Waals surface area contributed by atoms with E-state index in [0.717, 1.165) is 44.5 Å². The van der Waals surface area contributed by atoms with Gasteiger partial charge >= 0.3 is 6.03 Å². The van der Waals surface area contributed by atoms with E-state index in [1.165, 1.54) is 21.0 Å². The molecule has 182 valence electrons. The Hall–Kier alpha value is -2.28. The van der Waals surface area contributed by atoms with Gasteiger partial charge in [-0.3, -0.25) is 4.90 Å². The van der Waals surface area contributed by atoms with Crippen molar-refractivity contribution in [1.29, 1.82) is 0 Å². The van der Waals surface area contributed by atoms with Crippen molar-refractivity contribution in [2.45, 2.75) is 59.5 Å². The molecule has 0 fully saturated rings. The Morgan fingerprint density at radius 2 is 1.97 bits per heavy atom. The molecule has 1 aromatic carbocycles. The molecule has 4 rings (SSSR count). The summed E-state index contributed by atoms with van der Waals surface area (Å²) >= 11 is 8.14. The van der Waals surface area contributed by atoms with E-state index in [1.807, 2.05) is 30.4 Å². The molecule has 0 spiro atoms. The van der Waals surface area contributed by atoms with Crippen molar-refractivity contribution in [3.05, 3.63) is 69.3 Å². The first-order valence-electron chi connectivity index (χ1n) is 12.2. The molecule has 1 atom stereocenters. The molecule has 34 heavy (non-hydrogen) atoms. The minimum Gasteiger partial charge on any atom is -0.331 e. The molecule has 7 heteroatoms. The monoisotopic (exact) mass is 498 g/mol. The third-order valence-corrected chi connectivity index (χ3v) is 8.21. The van der Waals surface area contributed by atoms with Crippen molar-refractivity contribution in [3.8, 4) is 5.00 Å². The zero-order chi connectivity index (χ0) is 24.2. The van der Waals surface area contributed by atoms with Crippen LogP contribution < -0.4 is 10.6 Å². The van der Waals surface area contributed by atoms with Gasteiger partial charge in [-0.15, -0.1) is 11.3 Å². The number of likely N-dealkylation sites (N-methyl/N-ethyl adjacent to an activating group) is 1. The second kappa shape index (κ2) is 11.0. The molecule has 5 nitrogen and oxygen atoms in total. The quantitative estimate of drug-likeness (QED) is 0.345. The maximum absolute atomic E-state index is 13.1. The number of aromatic nitrogens is 1. The van der Waals surface area contributed by atoms with Gasteiger partial charge in [-0.1, -0.05) is 38.4 Å². The van der Waals surface area contributed by atoms with Gasteiger partial charge in [-0.2, -0.15) is 0 Å². The van der Waals surface area contributed by atoms with E-state index < -0.39 is 0 Å². The van der Waals surface area contributed by atoms with Gasteiger partial charge < -0.3 is 15.2 Å². The number of fused-ring (bicyclic) bond motifs is 1. The van der Waals surface area contributed by atoms with Gasteiger partial charge in [0.05, 0.1) is 6.04 Å². The Balaban J connectivity index is 1.66. The average molecular weight is 499 g/mol. The first-order valence-corrected chi connectivity index (χ1v) is 13.4. The molecule has 2 aromatic heterocycles. The highest BCUT2D eigenvalue weighted by Crippen LogP contribution is 2.41. The molecule has 1 aliphatic heterocycles.